The van der Waals surface area contributed by atoms with Crippen LogP contribution in [0.4, 0.5) is 0 Å². The van der Waals surface area contributed by atoms with Gasteiger partial charge < -0.3 is 219 Å². The fourth-order valence-corrected chi connectivity index (χ4v) is 14.2. The monoisotopic (exact) mass is 1610 g/mol. The summed E-state index contributed by atoms with van der Waals surface area (Å²) in [6.07, 6.45) is -79.5. The minimum atomic E-state index is -2.53. The highest BCUT2D eigenvalue weighted by Gasteiger charge is 2.60. The fraction of sp³-hybridized carbons (Fsp3) is 0.935. The highest BCUT2D eigenvalue weighted by molar-refractivity contribution is 5.74. The van der Waals surface area contributed by atoms with Crippen LogP contribution in [-0.4, -0.2) is 470 Å². The standard InChI is InChI=1S/C62H104N4O44/c1-15-32(77)42(87)46(91)58(97-15)95-14-28-51(33(78)20(12-94-28)63-16(2)73)105-56-30(65-18(4)75)40(85)50(26(11-72)102-56)107-60-48(93)52(108-62-54(45(90)37(82)24(9-70)101-62)110-55-29(64-17(3)74)39(84)34(79)21(6-67)98-55)38(83)27(104-60)13-96-61-53(44(89)36(81)23(8-69)100-61)109-57-31(66-19(5)76)41(86)49(25(10-71)103-57)106-59-47(92)43(88)35(80)22(7-68)99-59/h15,20-62,67-72,77-93H,6-14H2,1-5H3,(H,63,73)(H,64,74)(H,65,75)(H,66,76)/t15-,20-,21+,22+,23+,24+,25+,26+,27+,28+,29+,30+,31+,32+,33+,34+,35-,36+,37+,38+,39+,40+,41+,42+,43-,44-,45-,46-,47+,48-,49+,50+,51+,52-,53-,54-,55-,56+,57-,58-,59-,60-,61-,62+/m0/s1. The SMILES string of the molecule is CC(=O)N[C@H]1[C@@H](O[C@H]2[C@H](O)[C@@H](NC(C)=O)CO[C@@H]2CO[C@H]2O[C@@H](C)[C@@H](O)[C@@H](O)[C@@H]2O)O[C@H](CO)[C@@H](O[C@@H]2O[C@H](CO[C@H]3O[C@H](CO)[C@@H](O)[C@H](O)[C@@H]3O[C@@H]3O[C@H](CO)[C@@H](O[C@@H]4O[C@H](CO)[C@H](O)[C@H](O)[C@H]4O)[C@H](O)[C@H]3NC(C)=O)[C@@H](O)[C@H](O[C@H]3O[C@H](CO)[C@@H](O)[C@H](O)[C@@H]3O[C@@H]3O[C@H](CO)[C@@H](O)[C@H](O)[C@H]3NC(C)=O)[C@@H]2O)[C@@H]1O. The number of aliphatic hydroxyl groups excluding tert-OH is 23. The Bertz CT molecular complexity index is 2920. The van der Waals surface area contributed by atoms with Crippen molar-refractivity contribution in [3.05, 3.63) is 0 Å². The molecule has 48 heteroatoms. The van der Waals surface area contributed by atoms with Crippen molar-refractivity contribution in [2.45, 2.75) is 304 Å². The van der Waals surface area contributed by atoms with Gasteiger partial charge in [0, 0.05) is 27.7 Å². The molecule has 9 heterocycles. The van der Waals surface area contributed by atoms with Gasteiger partial charge in [-0.1, -0.05) is 0 Å². The van der Waals surface area contributed by atoms with Crippen LogP contribution in [0.25, 0.3) is 0 Å². The van der Waals surface area contributed by atoms with Crippen molar-refractivity contribution in [2.24, 2.45) is 0 Å². The topological polar surface area (TPSA) is 739 Å². The summed E-state index contributed by atoms with van der Waals surface area (Å²) in [5.41, 5.74) is 0. The van der Waals surface area contributed by atoms with E-state index in [1.54, 1.807) is 0 Å². The zero-order valence-corrected chi connectivity index (χ0v) is 59.6. The molecule has 9 aliphatic heterocycles. The molecule has 4 amide bonds. The molecule has 0 unspecified atom stereocenters. The van der Waals surface area contributed by atoms with E-state index in [2.05, 4.69) is 21.3 Å². The molecule has 0 aromatic heterocycles. The van der Waals surface area contributed by atoms with E-state index in [4.69, 9.17) is 80.5 Å². The van der Waals surface area contributed by atoms with Crippen molar-refractivity contribution in [1.82, 2.24) is 21.3 Å². The number of rotatable bonds is 28. The van der Waals surface area contributed by atoms with E-state index in [1.165, 1.54) is 6.92 Å². The van der Waals surface area contributed by atoms with Crippen LogP contribution in [0.5, 0.6) is 0 Å². The third-order valence-corrected chi connectivity index (χ3v) is 20.2. The smallest absolute Gasteiger partial charge is 0.217 e. The van der Waals surface area contributed by atoms with Gasteiger partial charge in [-0.3, -0.25) is 19.2 Å². The van der Waals surface area contributed by atoms with E-state index < -0.39 is 353 Å². The summed E-state index contributed by atoms with van der Waals surface area (Å²) in [5.74, 6) is -3.37. The highest BCUT2D eigenvalue weighted by Crippen LogP contribution is 2.39. The van der Waals surface area contributed by atoms with Crippen LogP contribution in [0.3, 0.4) is 0 Å². The predicted octanol–water partition coefficient (Wildman–Crippen LogP) is -18.3. The fourth-order valence-electron chi connectivity index (χ4n) is 14.2. The third-order valence-electron chi connectivity index (χ3n) is 20.2. The Morgan fingerprint density at radius 3 is 1.08 bits per heavy atom. The summed E-state index contributed by atoms with van der Waals surface area (Å²) in [7, 11) is 0. The maximum atomic E-state index is 13.2. The van der Waals surface area contributed by atoms with Gasteiger partial charge in [0.25, 0.3) is 0 Å². The third kappa shape index (κ3) is 20.1. The first-order valence-corrected chi connectivity index (χ1v) is 35.3. The van der Waals surface area contributed by atoms with Crippen molar-refractivity contribution >= 4 is 23.6 Å². The molecule has 48 nitrogen and oxygen atoms in total. The van der Waals surface area contributed by atoms with Gasteiger partial charge in [0.05, 0.1) is 71.6 Å². The maximum Gasteiger partial charge on any atom is 0.217 e. The molecule has 0 aliphatic carbocycles. The summed E-state index contributed by atoms with van der Waals surface area (Å²) < 4.78 is 101. The normalized spacial score (nSPS) is 48.9. The number of nitrogens with one attached hydrogen (secondary N) is 4. The number of amides is 4. The lowest BCUT2D eigenvalue weighted by atomic mass is 9.94. The molecule has 0 radical (unpaired) electrons. The average Bonchev–Trinajstić information content (AvgIpc) is 0.770. The molecule has 0 spiro atoms. The van der Waals surface area contributed by atoms with E-state index in [0.717, 1.165) is 27.7 Å². The molecular weight excluding hydrogens is 1500 g/mol. The molecule has 9 rings (SSSR count). The molecule has 9 fully saturated rings. The van der Waals surface area contributed by atoms with E-state index in [9.17, 15) is 137 Å². The molecule has 9 aliphatic rings. The molecule has 0 aromatic rings. The summed E-state index contributed by atoms with van der Waals surface area (Å²) >= 11 is 0. The average molecular weight is 1610 g/mol. The largest absolute Gasteiger partial charge is 0.394 e. The van der Waals surface area contributed by atoms with Gasteiger partial charge in [0.15, 0.2) is 50.3 Å². The zero-order valence-electron chi connectivity index (χ0n) is 59.6. The Balaban J connectivity index is 1.04. The molecule has 27 N–H and O–H groups in total. The zero-order chi connectivity index (χ0) is 80.9. The Labute approximate surface area is 624 Å². The van der Waals surface area contributed by atoms with Crippen LogP contribution in [-0.2, 0) is 99.7 Å². The second-order valence-electron chi connectivity index (χ2n) is 28.1. The summed E-state index contributed by atoms with van der Waals surface area (Å²) in [5, 5.41) is 265. The summed E-state index contributed by atoms with van der Waals surface area (Å²) in [6.45, 7) is -3.32. The molecule has 0 aromatic carbocycles. The Kier molecular flexibility index (Phi) is 32.4. The molecule has 110 heavy (non-hydrogen) atoms. The van der Waals surface area contributed by atoms with Crippen molar-refractivity contribution in [2.75, 3.05) is 59.5 Å². The predicted molar refractivity (Wildman–Crippen MR) is 341 cm³/mol. The number of aliphatic hydroxyl groups is 23. The number of carbonyl (C=O) groups is 4. The summed E-state index contributed by atoms with van der Waals surface area (Å²) in [4.78, 5) is 50.9. The van der Waals surface area contributed by atoms with Gasteiger partial charge in [0.2, 0.25) is 23.6 Å². The maximum absolute atomic E-state index is 13.2. The van der Waals surface area contributed by atoms with E-state index in [1.807, 2.05) is 0 Å². The number of hydrogen-bond acceptors (Lipinski definition) is 44. The van der Waals surface area contributed by atoms with Crippen LogP contribution in [0.15, 0.2) is 0 Å². The second-order valence-corrected chi connectivity index (χ2v) is 28.1. The minimum absolute atomic E-state index is 0.422. The Hall–Kier alpha value is -3.72. The van der Waals surface area contributed by atoms with Gasteiger partial charge in [-0.05, 0) is 6.92 Å². The molecule has 44 atom stereocenters. The lowest BCUT2D eigenvalue weighted by molar-refractivity contribution is -0.396. The van der Waals surface area contributed by atoms with Crippen molar-refractivity contribution in [1.29, 1.82) is 0 Å². The number of hydrogen-bond donors (Lipinski definition) is 27. The Morgan fingerprint density at radius 1 is 0.282 bits per heavy atom. The second kappa shape index (κ2) is 39.5. The lowest BCUT2D eigenvalue weighted by Crippen LogP contribution is -2.70. The first kappa shape index (κ1) is 90.2. The van der Waals surface area contributed by atoms with Crippen molar-refractivity contribution in [3.63, 3.8) is 0 Å². The minimum Gasteiger partial charge on any atom is -0.394 e. The van der Waals surface area contributed by atoms with Crippen LogP contribution in [0, 0.1) is 0 Å². The molecular formula is C62H104N4O44. The Morgan fingerprint density at radius 2 is 0.609 bits per heavy atom. The number of carbonyl (C=O) groups excluding carboxylic acids is 4. The lowest BCUT2D eigenvalue weighted by Gasteiger charge is -2.51. The van der Waals surface area contributed by atoms with Crippen LogP contribution in [0.1, 0.15) is 34.6 Å². The van der Waals surface area contributed by atoms with Gasteiger partial charge >= 0.3 is 0 Å². The van der Waals surface area contributed by atoms with Crippen molar-refractivity contribution < 1.29 is 217 Å². The van der Waals surface area contributed by atoms with Crippen LogP contribution >= 0.6 is 0 Å². The van der Waals surface area contributed by atoms with Crippen LogP contribution in [0.2, 0.25) is 0 Å². The van der Waals surface area contributed by atoms with Crippen molar-refractivity contribution in [3.8, 4) is 0 Å². The number of ether oxygens (including phenoxy) is 17. The highest BCUT2D eigenvalue weighted by atomic mass is 16.8. The molecule has 0 bridgehead atoms. The quantitative estimate of drug-likeness (QED) is 0.0346. The van der Waals surface area contributed by atoms with Crippen LogP contribution < -0.4 is 21.3 Å². The van der Waals surface area contributed by atoms with Gasteiger partial charge in [-0.15, -0.1) is 0 Å². The van der Waals surface area contributed by atoms with E-state index in [0.29, 0.717) is 0 Å². The molecule has 0 saturated carbocycles. The molecule has 9 saturated heterocycles. The summed E-state index contributed by atoms with van der Waals surface area (Å²) in [6, 6.07) is -6.82. The first-order valence-electron chi connectivity index (χ1n) is 35.3. The van der Waals surface area contributed by atoms with E-state index >= 15 is 0 Å². The first-order chi connectivity index (χ1) is 52.0. The molecule has 636 valence electrons. The van der Waals surface area contributed by atoms with Gasteiger partial charge in [-0.25, -0.2) is 0 Å². The van der Waals surface area contributed by atoms with E-state index in [-0.39, 0.29) is 0 Å². The van der Waals surface area contributed by atoms with Gasteiger partial charge in [-0.2, -0.15) is 0 Å². The van der Waals surface area contributed by atoms with Gasteiger partial charge in [0.1, 0.15) is 207 Å².